The van der Waals surface area contributed by atoms with Crippen LogP contribution >= 0.6 is 22.9 Å². The molecule has 30 heavy (non-hydrogen) atoms. The van der Waals surface area contributed by atoms with E-state index in [2.05, 4.69) is 11.1 Å². The minimum absolute atomic E-state index is 0.0140. The van der Waals surface area contributed by atoms with Crippen molar-refractivity contribution in [3.05, 3.63) is 91.9 Å². The molecule has 0 aliphatic rings. The number of allylic oxidation sites excluding steroid dienone is 1. The first-order chi connectivity index (χ1) is 14.5. The van der Waals surface area contributed by atoms with Gasteiger partial charge in [0.25, 0.3) is 5.69 Å². The third-order valence-electron chi connectivity index (χ3n) is 4.25. The molecule has 0 amide bonds. The highest BCUT2D eigenvalue weighted by Gasteiger charge is 2.12. The molecule has 6 nitrogen and oxygen atoms in total. The van der Waals surface area contributed by atoms with Gasteiger partial charge in [-0.1, -0.05) is 23.7 Å². The van der Waals surface area contributed by atoms with E-state index >= 15 is 0 Å². The fraction of sp³-hybridized carbons (Fsp3) is 0. The second kappa shape index (κ2) is 8.33. The van der Waals surface area contributed by atoms with E-state index in [0.29, 0.717) is 32.8 Å². The van der Waals surface area contributed by atoms with E-state index < -0.39 is 4.92 Å². The highest BCUT2D eigenvalue weighted by atomic mass is 35.5. The van der Waals surface area contributed by atoms with Crippen molar-refractivity contribution in [2.45, 2.75) is 0 Å². The van der Waals surface area contributed by atoms with Crippen molar-refractivity contribution in [1.29, 1.82) is 5.26 Å². The highest BCUT2D eigenvalue weighted by molar-refractivity contribution is 7.11. The Morgan fingerprint density at radius 3 is 2.67 bits per heavy atom. The molecule has 0 spiro atoms. The summed E-state index contributed by atoms with van der Waals surface area (Å²) in [5.41, 5.74) is 2.60. The Morgan fingerprint density at radius 1 is 1.17 bits per heavy atom. The van der Waals surface area contributed by atoms with E-state index in [4.69, 9.17) is 16.0 Å². The van der Waals surface area contributed by atoms with Crippen molar-refractivity contribution < 1.29 is 9.34 Å². The molecule has 0 N–H and O–H groups in total. The van der Waals surface area contributed by atoms with Crippen molar-refractivity contribution in [2.24, 2.45) is 0 Å². The van der Waals surface area contributed by atoms with Gasteiger partial charge in [0.05, 0.1) is 16.2 Å². The molecule has 0 unspecified atom stereocenters. The summed E-state index contributed by atoms with van der Waals surface area (Å²) >= 11 is 7.35. The zero-order chi connectivity index (χ0) is 21.1. The molecule has 0 aliphatic heterocycles. The largest absolute Gasteiger partial charge is 0.457 e. The standard InChI is InChI=1S/C22H12ClN3O3S/c23-17-3-1-2-15(10-17)21-9-8-19(29-21)11-16(12-24)22-25-20(13-30-22)14-4-6-18(7-5-14)26(27)28/h1-11,13H/b16-11+. The smallest absolute Gasteiger partial charge is 0.269 e. The molecule has 0 radical (unpaired) electrons. The number of benzene rings is 2. The molecule has 0 saturated heterocycles. The maximum atomic E-state index is 10.8. The van der Waals surface area contributed by atoms with Gasteiger partial charge in [-0.3, -0.25) is 10.1 Å². The van der Waals surface area contributed by atoms with Gasteiger partial charge in [0.2, 0.25) is 0 Å². The number of nitro groups is 1. The lowest BCUT2D eigenvalue weighted by molar-refractivity contribution is -0.384. The molecular formula is C22H12ClN3O3S. The van der Waals surface area contributed by atoms with Gasteiger partial charge in [0.1, 0.15) is 22.6 Å². The quantitative estimate of drug-likeness (QED) is 0.198. The number of hydrogen-bond acceptors (Lipinski definition) is 6. The average Bonchev–Trinajstić information content (AvgIpc) is 3.42. The molecule has 0 bridgehead atoms. The van der Waals surface area contributed by atoms with Crippen LogP contribution in [-0.4, -0.2) is 9.91 Å². The van der Waals surface area contributed by atoms with E-state index in [9.17, 15) is 15.4 Å². The van der Waals surface area contributed by atoms with Crippen molar-refractivity contribution in [1.82, 2.24) is 4.98 Å². The summed E-state index contributed by atoms with van der Waals surface area (Å²) in [6.45, 7) is 0. The first-order valence-electron chi connectivity index (χ1n) is 8.72. The van der Waals surface area contributed by atoms with E-state index in [1.165, 1.54) is 23.5 Å². The number of rotatable bonds is 5. The molecule has 2 aromatic heterocycles. The van der Waals surface area contributed by atoms with Crippen LogP contribution in [0, 0.1) is 21.4 Å². The van der Waals surface area contributed by atoms with Crippen molar-refractivity contribution >= 4 is 40.3 Å². The highest BCUT2D eigenvalue weighted by Crippen LogP contribution is 2.30. The van der Waals surface area contributed by atoms with Crippen LogP contribution in [0.15, 0.2) is 70.5 Å². The zero-order valence-electron chi connectivity index (χ0n) is 15.3. The number of nitrogens with zero attached hydrogens (tertiary/aromatic N) is 3. The summed E-state index contributed by atoms with van der Waals surface area (Å²) in [7, 11) is 0. The van der Waals surface area contributed by atoms with Gasteiger partial charge in [-0.05, 0) is 36.4 Å². The fourth-order valence-corrected chi connectivity index (χ4v) is 3.78. The third-order valence-corrected chi connectivity index (χ3v) is 5.36. The average molecular weight is 434 g/mol. The van der Waals surface area contributed by atoms with Gasteiger partial charge in [0, 0.05) is 39.7 Å². The second-order valence-corrected chi connectivity index (χ2v) is 7.52. The monoisotopic (exact) mass is 433 g/mol. The number of non-ortho nitro benzene ring substituents is 1. The Hall–Kier alpha value is -3.73. The topological polar surface area (TPSA) is 93.0 Å². The van der Waals surface area contributed by atoms with Crippen LogP contribution in [0.1, 0.15) is 10.8 Å². The van der Waals surface area contributed by atoms with Gasteiger partial charge in [-0.15, -0.1) is 11.3 Å². The zero-order valence-corrected chi connectivity index (χ0v) is 16.9. The minimum Gasteiger partial charge on any atom is -0.457 e. The molecule has 4 aromatic rings. The first kappa shape index (κ1) is 19.6. The summed E-state index contributed by atoms with van der Waals surface area (Å²) in [6.07, 6.45) is 1.63. The van der Waals surface area contributed by atoms with Crippen molar-refractivity contribution in [3.8, 4) is 28.7 Å². The third kappa shape index (κ3) is 4.15. The van der Waals surface area contributed by atoms with Crippen LogP contribution in [0.3, 0.4) is 0 Å². The van der Waals surface area contributed by atoms with Gasteiger partial charge in [-0.2, -0.15) is 5.26 Å². The lowest BCUT2D eigenvalue weighted by Gasteiger charge is -1.97. The Balaban J connectivity index is 1.60. The predicted octanol–water partition coefficient (Wildman–Crippen LogP) is 6.70. The summed E-state index contributed by atoms with van der Waals surface area (Å²) in [6, 6.07) is 19.2. The van der Waals surface area contributed by atoms with Crippen LogP contribution in [-0.2, 0) is 0 Å². The predicted molar refractivity (Wildman–Crippen MR) is 117 cm³/mol. The van der Waals surface area contributed by atoms with Crippen LogP contribution in [0.5, 0.6) is 0 Å². The summed E-state index contributed by atoms with van der Waals surface area (Å²) in [4.78, 5) is 14.8. The van der Waals surface area contributed by atoms with Crippen molar-refractivity contribution in [3.63, 3.8) is 0 Å². The van der Waals surface area contributed by atoms with Crippen LogP contribution in [0.25, 0.3) is 34.2 Å². The van der Waals surface area contributed by atoms with Crippen molar-refractivity contribution in [2.75, 3.05) is 0 Å². The van der Waals surface area contributed by atoms with Crippen LogP contribution in [0.2, 0.25) is 5.02 Å². The number of halogens is 1. The molecule has 0 saturated carbocycles. The molecule has 0 fully saturated rings. The maximum Gasteiger partial charge on any atom is 0.269 e. The van der Waals surface area contributed by atoms with E-state index in [0.717, 1.165) is 11.1 Å². The second-order valence-electron chi connectivity index (χ2n) is 6.22. The normalized spacial score (nSPS) is 11.3. The van der Waals surface area contributed by atoms with E-state index in [1.807, 2.05) is 18.2 Å². The number of thiazole rings is 1. The fourth-order valence-electron chi connectivity index (χ4n) is 2.80. The van der Waals surface area contributed by atoms with E-state index in [-0.39, 0.29) is 5.69 Å². The number of hydrogen-bond donors (Lipinski definition) is 0. The molecule has 4 rings (SSSR count). The first-order valence-corrected chi connectivity index (χ1v) is 9.97. The van der Waals surface area contributed by atoms with Crippen LogP contribution < -0.4 is 0 Å². The number of nitriles is 1. The Labute approximate surface area is 180 Å². The van der Waals surface area contributed by atoms with Gasteiger partial charge in [0.15, 0.2) is 0 Å². The molecule has 0 atom stereocenters. The lowest BCUT2D eigenvalue weighted by atomic mass is 10.1. The summed E-state index contributed by atoms with van der Waals surface area (Å²) in [5.74, 6) is 1.17. The van der Waals surface area contributed by atoms with Gasteiger partial charge < -0.3 is 4.42 Å². The van der Waals surface area contributed by atoms with Gasteiger partial charge in [-0.25, -0.2) is 4.98 Å². The van der Waals surface area contributed by atoms with Crippen LogP contribution in [0.4, 0.5) is 5.69 Å². The molecule has 0 aliphatic carbocycles. The number of nitro benzene ring substituents is 1. The molecule has 8 heteroatoms. The number of furan rings is 1. The molecular weight excluding hydrogens is 422 g/mol. The van der Waals surface area contributed by atoms with Gasteiger partial charge >= 0.3 is 0 Å². The van der Waals surface area contributed by atoms with E-state index in [1.54, 1.807) is 41.8 Å². The number of aromatic nitrogens is 1. The Morgan fingerprint density at radius 2 is 1.97 bits per heavy atom. The summed E-state index contributed by atoms with van der Waals surface area (Å²) < 4.78 is 5.83. The minimum atomic E-state index is -0.451. The molecule has 2 heterocycles. The summed E-state index contributed by atoms with van der Waals surface area (Å²) in [5, 5.41) is 23.3. The Kier molecular flexibility index (Phi) is 5.44. The molecule has 146 valence electrons. The molecule has 2 aromatic carbocycles. The maximum absolute atomic E-state index is 10.8. The Bertz CT molecular complexity index is 1300. The SMILES string of the molecule is N#C/C(=C\c1ccc(-c2cccc(Cl)c2)o1)c1nc(-c2ccc([N+](=O)[O-])cc2)cs1. The lowest BCUT2D eigenvalue weighted by Crippen LogP contribution is -1.87.